The van der Waals surface area contributed by atoms with Crippen molar-refractivity contribution >= 4 is 22.9 Å². The van der Waals surface area contributed by atoms with E-state index in [-0.39, 0.29) is 5.91 Å². The van der Waals surface area contributed by atoms with Crippen molar-refractivity contribution in [2.24, 2.45) is 5.10 Å². The Morgan fingerprint density at radius 2 is 1.79 bits per heavy atom. The van der Waals surface area contributed by atoms with Crippen LogP contribution in [0.3, 0.4) is 0 Å². The fraction of sp³-hybridized carbons (Fsp3) is 0.0870. The highest BCUT2D eigenvalue weighted by molar-refractivity contribution is 6.01. The van der Waals surface area contributed by atoms with Gasteiger partial charge < -0.3 is 5.32 Å². The third-order valence-electron chi connectivity index (χ3n) is 4.60. The topological polar surface area (TPSA) is 68.5 Å². The van der Waals surface area contributed by atoms with E-state index in [1.165, 1.54) is 11.1 Å². The molecule has 0 aliphatic carbocycles. The van der Waals surface area contributed by atoms with E-state index in [1.807, 2.05) is 67.6 Å². The maximum absolute atomic E-state index is 12.8. The summed E-state index contributed by atoms with van der Waals surface area (Å²) >= 11 is 0. The summed E-state index contributed by atoms with van der Waals surface area (Å²) in [6, 6.07) is 19.3. The molecule has 0 saturated carbocycles. The summed E-state index contributed by atoms with van der Waals surface area (Å²) in [5, 5.41) is 18.3. The first-order valence-corrected chi connectivity index (χ1v) is 8.96. The molecule has 2 aliphatic heterocycles. The molecule has 2 aromatic rings. The van der Waals surface area contributed by atoms with Gasteiger partial charge in [0.25, 0.3) is 5.91 Å². The predicted molar refractivity (Wildman–Crippen MR) is 110 cm³/mol. The predicted octanol–water partition coefficient (Wildman–Crippen LogP) is 3.69. The van der Waals surface area contributed by atoms with Crippen LogP contribution in [-0.4, -0.2) is 22.8 Å². The highest BCUT2D eigenvalue weighted by atomic mass is 16.2. The summed E-state index contributed by atoms with van der Waals surface area (Å²) in [6.07, 6.45) is 7.03. The van der Waals surface area contributed by atoms with Gasteiger partial charge in [0.2, 0.25) is 0 Å². The number of amides is 1. The Kier molecular flexibility index (Phi) is 4.61. The van der Waals surface area contributed by atoms with Crippen LogP contribution >= 0.6 is 0 Å². The van der Waals surface area contributed by atoms with Crippen molar-refractivity contribution in [1.29, 1.82) is 5.26 Å². The first kappa shape index (κ1) is 17.5. The van der Waals surface area contributed by atoms with Crippen molar-refractivity contribution in [3.63, 3.8) is 0 Å². The van der Waals surface area contributed by atoms with E-state index in [4.69, 9.17) is 5.26 Å². The lowest BCUT2D eigenvalue weighted by molar-refractivity contribution is -0.128. The van der Waals surface area contributed by atoms with Crippen LogP contribution in [0.15, 0.2) is 84.0 Å². The molecule has 1 amide bonds. The number of benzene rings is 2. The zero-order valence-corrected chi connectivity index (χ0v) is 15.3. The molecule has 0 bridgehead atoms. The third kappa shape index (κ3) is 3.49. The molecule has 136 valence electrons. The Hall–Kier alpha value is -3.91. The minimum Gasteiger partial charge on any atom is -0.360 e. The SMILES string of the molecule is CC1=N/N2C(=O)C=C(c3ccc(C#N)cc3)NC2/C=C(c2ccccc2)/C=C\1. The quantitative estimate of drug-likeness (QED) is 0.881. The number of hydrogen-bond donors (Lipinski definition) is 1. The van der Waals surface area contributed by atoms with E-state index in [1.54, 1.807) is 12.1 Å². The molecule has 2 aliphatic rings. The molecule has 0 fully saturated rings. The molecule has 0 spiro atoms. The second-order valence-corrected chi connectivity index (χ2v) is 6.58. The van der Waals surface area contributed by atoms with Crippen LogP contribution in [0.25, 0.3) is 11.3 Å². The molecule has 4 rings (SSSR count). The lowest BCUT2D eigenvalue weighted by Gasteiger charge is -2.32. The molecule has 1 unspecified atom stereocenters. The summed E-state index contributed by atoms with van der Waals surface area (Å²) in [7, 11) is 0. The smallest absolute Gasteiger partial charge is 0.271 e. The molecule has 5 heteroatoms. The largest absolute Gasteiger partial charge is 0.360 e. The second kappa shape index (κ2) is 7.37. The van der Waals surface area contributed by atoms with Gasteiger partial charge in [-0.15, -0.1) is 0 Å². The molecular formula is C23H18N4O. The Bertz CT molecular complexity index is 1070. The van der Waals surface area contributed by atoms with Gasteiger partial charge in [0, 0.05) is 11.8 Å². The van der Waals surface area contributed by atoms with E-state index in [2.05, 4.69) is 16.5 Å². The first-order chi connectivity index (χ1) is 13.6. The number of hydrazone groups is 1. The molecule has 0 radical (unpaired) electrons. The van der Waals surface area contributed by atoms with Crippen LogP contribution in [-0.2, 0) is 4.79 Å². The summed E-state index contributed by atoms with van der Waals surface area (Å²) in [4.78, 5) is 12.8. The van der Waals surface area contributed by atoms with Crippen LogP contribution in [0.1, 0.15) is 23.6 Å². The Labute approximate surface area is 163 Å². The summed E-state index contributed by atoms with van der Waals surface area (Å²) < 4.78 is 0. The van der Waals surface area contributed by atoms with Crippen molar-refractivity contribution in [3.8, 4) is 6.07 Å². The number of carbonyl (C=O) groups excluding carboxylic acids is 1. The zero-order valence-electron chi connectivity index (χ0n) is 15.3. The molecule has 5 nitrogen and oxygen atoms in total. The van der Waals surface area contributed by atoms with Gasteiger partial charge in [0.05, 0.1) is 17.3 Å². The van der Waals surface area contributed by atoms with Gasteiger partial charge in [0.15, 0.2) is 0 Å². The van der Waals surface area contributed by atoms with Gasteiger partial charge in [-0.3, -0.25) is 4.79 Å². The van der Waals surface area contributed by atoms with Crippen molar-refractivity contribution in [3.05, 3.63) is 95.6 Å². The number of nitriles is 1. The Balaban J connectivity index is 1.74. The van der Waals surface area contributed by atoms with Crippen LogP contribution in [0, 0.1) is 11.3 Å². The van der Waals surface area contributed by atoms with E-state index >= 15 is 0 Å². The lowest BCUT2D eigenvalue weighted by atomic mass is 10.0. The van der Waals surface area contributed by atoms with Gasteiger partial charge in [-0.2, -0.15) is 10.4 Å². The lowest BCUT2D eigenvalue weighted by Crippen LogP contribution is -2.47. The number of hydrogen-bond acceptors (Lipinski definition) is 4. The van der Waals surface area contributed by atoms with Crippen LogP contribution in [0.2, 0.25) is 0 Å². The number of rotatable bonds is 2. The maximum atomic E-state index is 12.8. The maximum Gasteiger partial charge on any atom is 0.271 e. The fourth-order valence-corrected chi connectivity index (χ4v) is 3.17. The average Bonchev–Trinajstić information content (AvgIpc) is 2.72. The summed E-state index contributed by atoms with van der Waals surface area (Å²) in [5.74, 6) is -0.193. The molecular weight excluding hydrogens is 348 g/mol. The second-order valence-electron chi connectivity index (χ2n) is 6.58. The number of nitrogens with zero attached hydrogens (tertiary/aromatic N) is 3. The van der Waals surface area contributed by atoms with Crippen molar-refractivity contribution < 1.29 is 4.79 Å². The van der Waals surface area contributed by atoms with E-state index in [0.717, 1.165) is 22.4 Å². The molecule has 2 aromatic carbocycles. The minimum atomic E-state index is -0.418. The highest BCUT2D eigenvalue weighted by Gasteiger charge is 2.28. The highest BCUT2D eigenvalue weighted by Crippen LogP contribution is 2.25. The van der Waals surface area contributed by atoms with Crippen molar-refractivity contribution in [1.82, 2.24) is 10.3 Å². The molecule has 0 saturated heterocycles. The fourth-order valence-electron chi connectivity index (χ4n) is 3.17. The number of carbonyl (C=O) groups is 1. The molecule has 2 heterocycles. The van der Waals surface area contributed by atoms with Gasteiger partial charge in [-0.05, 0) is 47.9 Å². The van der Waals surface area contributed by atoms with E-state index in [9.17, 15) is 4.79 Å². The van der Waals surface area contributed by atoms with Crippen molar-refractivity contribution in [2.45, 2.75) is 13.1 Å². The number of nitrogens with one attached hydrogen (secondary N) is 1. The normalized spacial score (nSPS) is 23.4. The Morgan fingerprint density at radius 3 is 2.50 bits per heavy atom. The zero-order chi connectivity index (χ0) is 19.5. The standard InChI is InChI=1S/C23H18N4O/c1-16-7-10-20(18-5-3-2-4-6-18)13-22-25-21(14-23(28)27(22)26-16)19-11-8-17(15-24)9-12-19/h2-14,22,25H,1H3/b10-7-,20-13-,26-16-. The summed E-state index contributed by atoms with van der Waals surface area (Å²) in [6.45, 7) is 1.87. The third-order valence-corrected chi connectivity index (χ3v) is 4.60. The monoisotopic (exact) mass is 366 g/mol. The molecule has 0 aromatic heterocycles. The van der Waals surface area contributed by atoms with Crippen LogP contribution < -0.4 is 5.32 Å². The average molecular weight is 366 g/mol. The van der Waals surface area contributed by atoms with Gasteiger partial charge in [-0.1, -0.05) is 48.5 Å². The van der Waals surface area contributed by atoms with Crippen molar-refractivity contribution in [2.75, 3.05) is 0 Å². The number of allylic oxidation sites excluding steroid dienone is 3. The van der Waals surface area contributed by atoms with E-state index in [0.29, 0.717) is 11.3 Å². The van der Waals surface area contributed by atoms with Gasteiger partial charge >= 0.3 is 0 Å². The molecule has 1 N–H and O–H groups in total. The number of fused-ring (bicyclic) bond motifs is 1. The first-order valence-electron chi connectivity index (χ1n) is 8.96. The van der Waals surface area contributed by atoms with Crippen LogP contribution in [0.4, 0.5) is 0 Å². The Morgan fingerprint density at radius 1 is 1.04 bits per heavy atom. The summed E-state index contributed by atoms with van der Waals surface area (Å²) in [5.41, 5.74) is 4.95. The van der Waals surface area contributed by atoms with E-state index < -0.39 is 6.17 Å². The molecule has 28 heavy (non-hydrogen) atoms. The van der Waals surface area contributed by atoms with Gasteiger partial charge in [-0.25, -0.2) is 5.01 Å². The molecule has 1 atom stereocenters. The minimum absolute atomic E-state index is 0.193. The van der Waals surface area contributed by atoms with Crippen LogP contribution in [0.5, 0.6) is 0 Å². The van der Waals surface area contributed by atoms with Gasteiger partial charge in [0.1, 0.15) is 6.17 Å².